The number of nitrogens with one attached hydrogen (secondary N) is 2. The van der Waals surface area contributed by atoms with Crippen molar-refractivity contribution >= 4 is 17.9 Å². The van der Waals surface area contributed by atoms with Gasteiger partial charge in [0.15, 0.2) is 0 Å². The second-order valence-corrected chi connectivity index (χ2v) is 6.82. The van der Waals surface area contributed by atoms with Gasteiger partial charge in [0.1, 0.15) is 17.2 Å². The number of nitrogens with zero attached hydrogens (tertiary/aromatic N) is 1. The maximum absolute atomic E-state index is 12.7. The quantitative estimate of drug-likeness (QED) is 0.482. The average Bonchev–Trinajstić information content (AvgIpc) is 3.30. The van der Waals surface area contributed by atoms with Crippen molar-refractivity contribution in [2.75, 3.05) is 46.5 Å². The highest BCUT2D eigenvalue weighted by atomic mass is 16.5. The first-order valence-electron chi connectivity index (χ1n) is 9.94. The fourth-order valence-corrected chi connectivity index (χ4v) is 3.04. The van der Waals surface area contributed by atoms with Gasteiger partial charge in [-0.15, -0.1) is 0 Å². The van der Waals surface area contributed by atoms with Crippen LogP contribution in [-0.4, -0.2) is 63.2 Å². The highest BCUT2D eigenvalue weighted by molar-refractivity contribution is 6.05. The van der Waals surface area contributed by atoms with Crippen LogP contribution in [0.1, 0.15) is 22.5 Å². The van der Waals surface area contributed by atoms with Crippen LogP contribution in [0, 0.1) is 0 Å². The minimum atomic E-state index is -0.390. The number of carbonyl (C=O) groups is 2. The van der Waals surface area contributed by atoms with E-state index in [9.17, 15) is 9.59 Å². The Labute approximate surface area is 175 Å². The Morgan fingerprint density at radius 1 is 1.17 bits per heavy atom. The molecule has 0 atom stereocenters. The molecule has 2 N–H and O–H groups in total. The molecule has 0 unspecified atom stereocenters. The third-order valence-electron chi connectivity index (χ3n) is 4.72. The van der Waals surface area contributed by atoms with Gasteiger partial charge in [-0.1, -0.05) is 0 Å². The molecule has 1 aliphatic heterocycles. The molecule has 30 heavy (non-hydrogen) atoms. The van der Waals surface area contributed by atoms with E-state index in [1.165, 1.54) is 12.3 Å². The number of benzene rings is 1. The van der Waals surface area contributed by atoms with Crippen LogP contribution in [0.5, 0.6) is 5.75 Å². The minimum absolute atomic E-state index is 0.122. The molecule has 160 valence electrons. The molecule has 0 spiro atoms. The summed E-state index contributed by atoms with van der Waals surface area (Å²) in [5, 5.41) is 5.55. The molecule has 1 saturated heterocycles. The summed E-state index contributed by atoms with van der Waals surface area (Å²) in [7, 11) is 1.56. The molecule has 0 aliphatic carbocycles. The topological polar surface area (TPSA) is 93.0 Å². The van der Waals surface area contributed by atoms with Crippen molar-refractivity contribution in [3.8, 4) is 5.75 Å². The van der Waals surface area contributed by atoms with Crippen LogP contribution >= 0.6 is 0 Å². The number of amides is 2. The van der Waals surface area contributed by atoms with E-state index in [2.05, 4.69) is 15.5 Å². The predicted octanol–water partition coefficient (Wildman–Crippen LogP) is 1.90. The Balaban J connectivity index is 1.58. The molecule has 0 saturated carbocycles. The van der Waals surface area contributed by atoms with Crippen molar-refractivity contribution < 1.29 is 23.5 Å². The Bertz CT molecular complexity index is 840. The van der Waals surface area contributed by atoms with Crippen molar-refractivity contribution in [1.82, 2.24) is 15.5 Å². The normalized spacial score (nSPS) is 14.9. The van der Waals surface area contributed by atoms with Gasteiger partial charge >= 0.3 is 0 Å². The number of methoxy groups -OCH3 is 1. The SMILES string of the molecule is COc1ccc(C(=O)N/C(=C\c2ccco2)C(=O)NCCCN2CCOCC2)cc1. The van der Waals surface area contributed by atoms with Crippen molar-refractivity contribution in [1.29, 1.82) is 0 Å². The van der Waals surface area contributed by atoms with E-state index in [4.69, 9.17) is 13.9 Å². The molecule has 0 bridgehead atoms. The van der Waals surface area contributed by atoms with Crippen molar-refractivity contribution in [3.63, 3.8) is 0 Å². The van der Waals surface area contributed by atoms with E-state index < -0.39 is 0 Å². The highest BCUT2D eigenvalue weighted by Gasteiger charge is 2.16. The number of rotatable bonds is 9. The lowest BCUT2D eigenvalue weighted by Crippen LogP contribution is -2.39. The van der Waals surface area contributed by atoms with Gasteiger partial charge in [0.05, 0.1) is 26.6 Å². The second kappa shape index (κ2) is 11.2. The van der Waals surface area contributed by atoms with Gasteiger partial charge in [-0.25, -0.2) is 0 Å². The van der Waals surface area contributed by atoms with Crippen molar-refractivity contribution in [2.45, 2.75) is 6.42 Å². The number of hydrogen-bond donors (Lipinski definition) is 2. The van der Waals surface area contributed by atoms with Crippen LogP contribution < -0.4 is 15.4 Å². The molecule has 1 aromatic heterocycles. The fraction of sp³-hybridized carbons (Fsp3) is 0.364. The third kappa shape index (κ3) is 6.47. The molecular formula is C22H27N3O5. The van der Waals surface area contributed by atoms with Crippen molar-refractivity contribution in [2.24, 2.45) is 0 Å². The van der Waals surface area contributed by atoms with Gasteiger partial charge in [0.25, 0.3) is 11.8 Å². The average molecular weight is 413 g/mol. The molecule has 1 fully saturated rings. The summed E-state index contributed by atoms with van der Waals surface area (Å²) in [6.07, 6.45) is 3.83. The molecule has 2 amide bonds. The zero-order chi connectivity index (χ0) is 21.2. The molecule has 1 aliphatic rings. The third-order valence-corrected chi connectivity index (χ3v) is 4.72. The van der Waals surface area contributed by atoms with E-state index in [1.54, 1.807) is 43.5 Å². The fourth-order valence-electron chi connectivity index (χ4n) is 3.04. The lowest BCUT2D eigenvalue weighted by Gasteiger charge is -2.26. The van der Waals surface area contributed by atoms with Crippen LogP contribution in [0.25, 0.3) is 6.08 Å². The van der Waals surface area contributed by atoms with Gasteiger partial charge in [0.2, 0.25) is 0 Å². The predicted molar refractivity (Wildman–Crippen MR) is 112 cm³/mol. The summed E-state index contributed by atoms with van der Waals surface area (Å²) in [5.41, 5.74) is 0.540. The summed E-state index contributed by atoms with van der Waals surface area (Å²) < 4.78 is 15.7. The van der Waals surface area contributed by atoms with Gasteiger partial charge in [-0.3, -0.25) is 14.5 Å². The second-order valence-electron chi connectivity index (χ2n) is 6.82. The molecule has 2 aromatic rings. The first kappa shape index (κ1) is 21.6. The summed E-state index contributed by atoms with van der Waals surface area (Å²) in [5.74, 6) is 0.369. The number of hydrogen-bond acceptors (Lipinski definition) is 6. The van der Waals surface area contributed by atoms with Gasteiger partial charge < -0.3 is 24.5 Å². The molecule has 2 heterocycles. The van der Waals surface area contributed by atoms with E-state index in [1.807, 2.05) is 0 Å². The molecule has 3 rings (SSSR count). The van der Waals surface area contributed by atoms with Gasteiger partial charge in [-0.05, 0) is 49.4 Å². The minimum Gasteiger partial charge on any atom is -0.497 e. The van der Waals surface area contributed by atoms with Crippen LogP contribution in [-0.2, 0) is 9.53 Å². The standard InChI is InChI=1S/C22H27N3O5/c1-28-18-7-5-17(6-8-18)21(26)24-20(16-19-4-2-13-30-19)22(27)23-9-3-10-25-11-14-29-15-12-25/h2,4-8,13,16H,3,9-12,14-15H2,1H3,(H,23,27)(H,24,26)/b20-16-. The Kier molecular flexibility index (Phi) is 8.05. The smallest absolute Gasteiger partial charge is 0.267 e. The Hall–Kier alpha value is -3.10. The molecular weight excluding hydrogens is 386 g/mol. The zero-order valence-electron chi connectivity index (χ0n) is 17.1. The van der Waals surface area contributed by atoms with Crippen LogP contribution in [0.3, 0.4) is 0 Å². The number of morpholine rings is 1. The summed E-state index contributed by atoms with van der Waals surface area (Å²) >= 11 is 0. The Morgan fingerprint density at radius 3 is 2.60 bits per heavy atom. The first-order valence-corrected chi connectivity index (χ1v) is 9.94. The number of ether oxygens (including phenoxy) is 2. The zero-order valence-corrected chi connectivity index (χ0v) is 17.1. The maximum atomic E-state index is 12.7. The van der Waals surface area contributed by atoms with Crippen LogP contribution in [0.2, 0.25) is 0 Å². The largest absolute Gasteiger partial charge is 0.497 e. The lowest BCUT2D eigenvalue weighted by atomic mass is 10.2. The monoisotopic (exact) mass is 413 g/mol. The van der Waals surface area contributed by atoms with Gasteiger partial charge in [0, 0.05) is 31.3 Å². The van der Waals surface area contributed by atoms with Gasteiger partial charge in [-0.2, -0.15) is 0 Å². The summed E-state index contributed by atoms with van der Waals surface area (Å²) in [6, 6.07) is 10.1. The van der Waals surface area contributed by atoms with Crippen molar-refractivity contribution in [3.05, 3.63) is 59.7 Å². The summed E-state index contributed by atoms with van der Waals surface area (Å²) in [6.45, 7) is 4.72. The lowest BCUT2D eigenvalue weighted by molar-refractivity contribution is -0.117. The van der Waals surface area contributed by atoms with Crippen LogP contribution in [0.4, 0.5) is 0 Å². The molecule has 1 aromatic carbocycles. The summed E-state index contributed by atoms with van der Waals surface area (Å²) in [4.78, 5) is 27.6. The van der Waals surface area contributed by atoms with Crippen LogP contribution in [0.15, 0.2) is 52.8 Å². The molecule has 0 radical (unpaired) electrons. The van der Waals surface area contributed by atoms with E-state index in [-0.39, 0.29) is 17.5 Å². The maximum Gasteiger partial charge on any atom is 0.267 e. The number of carbonyl (C=O) groups excluding carboxylic acids is 2. The molecule has 8 nitrogen and oxygen atoms in total. The highest BCUT2D eigenvalue weighted by Crippen LogP contribution is 2.12. The number of furan rings is 1. The van der Waals surface area contributed by atoms with E-state index >= 15 is 0 Å². The first-order chi connectivity index (χ1) is 14.7. The van der Waals surface area contributed by atoms with E-state index in [0.717, 1.165) is 39.3 Å². The Morgan fingerprint density at radius 2 is 1.93 bits per heavy atom. The molecule has 8 heteroatoms. The van der Waals surface area contributed by atoms with E-state index in [0.29, 0.717) is 23.6 Å².